The Morgan fingerprint density at radius 2 is 2.03 bits per heavy atom. The highest BCUT2D eigenvalue weighted by atomic mass is 32.2. The van der Waals surface area contributed by atoms with Gasteiger partial charge in [-0.05, 0) is 37.8 Å². The summed E-state index contributed by atoms with van der Waals surface area (Å²) in [5, 5.41) is 0.145. The van der Waals surface area contributed by atoms with E-state index in [1.54, 1.807) is 13.1 Å². The van der Waals surface area contributed by atoms with Crippen LogP contribution in [0.15, 0.2) is 41.7 Å². The molecule has 0 radical (unpaired) electrons. The molecule has 0 bridgehead atoms. The maximum atomic E-state index is 12.5. The van der Waals surface area contributed by atoms with E-state index in [2.05, 4.69) is 22.0 Å². The van der Waals surface area contributed by atoms with Crippen molar-refractivity contribution in [1.29, 1.82) is 0 Å². The second-order valence-electron chi connectivity index (χ2n) is 7.65. The van der Waals surface area contributed by atoms with Crippen molar-refractivity contribution in [2.75, 3.05) is 18.8 Å². The summed E-state index contributed by atoms with van der Waals surface area (Å²) < 4.78 is 26.9. The maximum absolute atomic E-state index is 12.5. The highest BCUT2D eigenvalue weighted by Crippen LogP contribution is 2.21. The fourth-order valence-corrected chi connectivity index (χ4v) is 4.90. The van der Waals surface area contributed by atoms with Gasteiger partial charge in [-0.15, -0.1) is 0 Å². The molecule has 0 aliphatic carbocycles. The van der Waals surface area contributed by atoms with Crippen LogP contribution >= 0.6 is 0 Å². The third kappa shape index (κ3) is 5.45. The molecule has 1 atom stereocenters. The van der Waals surface area contributed by atoms with Crippen molar-refractivity contribution in [1.82, 2.24) is 14.5 Å². The molecule has 1 aliphatic heterocycles. The molecular formula is C21H30N4O3S. The minimum atomic E-state index is -3.41. The highest BCUT2D eigenvalue weighted by Gasteiger charge is 2.26. The Labute approximate surface area is 172 Å². The summed E-state index contributed by atoms with van der Waals surface area (Å²) >= 11 is 0. The first-order valence-electron chi connectivity index (χ1n) is 10.2. The summed E-state index contributed by atoms with van der Waals surface area (Å²) in [6, 6.07) is 10.2. The van der Waals surface area contributed by atoms with Crippen LogP contribution in [0.1, 0.15) is 37.4 Å². The van der Waals surface area contributed by atoms with E-state index in [1.165, 1.54) is 5.56 Å². The van der Waals surface area contributed by atoms with Crippen LogP contribution in [0.3, 0.4) is 0 Å². The first kappa shape index (κ1) is 21.5. The van der Waals surface area contributed by atoms with E-state index < -0.39 is 9.84 Å². The number of primary amides is 1. The van der Waals surface area contributed by atoms with Gasteiger partial charge in [0, 0.05) is 19.6 Å². The lowest BCUT2D eigenvalue weighted by Gasteiger charge is -2.31. The lowest BCUT2D eigenvalue weighted by molar-refractivity contribution is -0.123. The Morgan fingerprint density at radius 3 is 2.72 bits per heavy atom. The first-order valence-corrected chi connectivity index (χ1v) is 11.9. The van der Waals surface area contributed by atoms with Crippen molar-refractivity contribution in [3.63, 3.8) is 0 Å². The van der Waals surface area contributed by atoms with E-state index in [0.717, 1.165) is 37.9 Å². The summed E-state index contributed by atoms with van der Waals surface area (Å²) in [7, 11) is -3.41. The van der Waals surface area contributed by atoms with Crippen LogP contribution in [0, 0.1) is 5.92 Å². The van der Waals surface area contributed by atoms with Gasteiger partial charge in [0.1, 0.15) is 0 Å². The summed E-state index contributed by atoms with van der Waals surface area (Å²) in [6.45, 7) is 4.28. The second-order valence-corrected chi connectivity index (χ2v) is 9.82. The standard InChI is InChI=1S/C21H30N4O3S/c1-2-29(27,28)21-23-14-19(16-24-12-7-11-18(15-24)20(22)26)25(21)13-6-10-17-8-4-3-5-9-17/h3-5,8-9,14,18H,2,6-7,10-13,15-16H2,1H3,(H2,22,26)/t18-/m1/s1. The predicted octanol–water partition coefficient (Wildman–Crippen LogP) is 2.01. The van der Waals surface area contributed by atoms with Gasteiger partial charge >= 0.3 is 0 Å². The number of carbonyl (C=O) groups excluding carboxylic acids is 1. The number of sulfone groups is 1. The Balaban J connectivity index is 1.76. The molecular weight excluding hydrogens is 388 g/mol. The van der Waals surface area contributed by atoms with E-state index in [0.29, 0.717) is 19.6 Å². The van der Waals surface area contributed by atoms with Crippen LogP contribution in [0.2, 0.25) is 0 Å². The molecule has 1 fully saturated rings. The number of carbonyl (C=O) groups is 1. The largest absolute Gasteiger partial charge is 0.369 e. The van der Waals surface area contributed by atoms with E-state index in [9.17, 15) is 13.2 Å². The molecule has 1 aromatic heterocycles. The van der Waals surface area contributed by atoms with Gasteiger partial charge in [-0.1, -0.05) is 37.3 Å². The quantitative estimate of drug-likeness (QED) is 0.672. The number of rotatable bonds is 9. The number of hydrogen-bond acceptors (Lipinski definition) is 5. The number of aryl methyl sites for hydroxylation is 1. The number of aromatic nitrogens is 2. The Hall–Kier alpha value is -2.19. The van der Waals surface area contributed by atoms with Crippen molar-refractivity contribution >= 4 is 15.7 Å². The van der Waals surface area contributed by atoms with Crippen LogP contribution in [0.4, 0.5) is 0 Å². The number of hydrogen-bond donors (Lipinski definition) is 1. The molecule has 1 saturated heterocycles. The summed E-state index contributed by atoms with van der Waals surface area (Å²) in [5.74, 6) is -0.382. The summed E-state index contributed by atoms with van der Waals surface area (Å²) in [6.07, 6.45) is 5.09. The second kappa shape index (κ2) is 9.54. The van der Waals surface area contributed by atoms with Gasteiger partial charge in [0.05, 0.1) is 23.6 Å². The van der Waals surface area contributed by atoms with Crippen molar-refractivity contribution in [3.05, 3.63) is 47.8 Å². The zero-order valence-corrected chi connectivity index (χ0v) is 17.8. The third-order valence-corrected chi connectivity index (χ3v) is 7.19. The molecule has 158 valence electrons. The van der Waals surface area contributed by atoms with Crippen LogP contribution in [0.5, 0.6) is 0 Å². The van der Waals surface area contributed by atoms with E-state index in [1.807, 2.05) is 22.8 Å². The Kier molecular flexibility index (Phi) is 7.08. The number of likely N-dealkylation sites (tertiary alicyclic amines) is 1. The normalized spacial score (nSPS) is 18.0. The van der Waals surface area contributed by atoms with Crippen LogP contribution in [-0.4, -0.2) is 47.6 Å². The first-order chi connectivity index (χ1) is 13.9. The summed E-state index contributed by atoms with van der Waals surface area (Å²) in [4.78, 5) is 18.0. The minimum Gasteiger partial charge on any atom is -0.369 e. The fourth-order valence-electron chi connectivity index (χ4n) is 3.88. The molecule has 3 rings (SSSR count). The number of amides is 1. The van der Waals surface area contributed by atoms with E-state index in [-0.39, 0.29) is 22.7 Å². The molecule has 29 heavy (non-hydrogen) atoms. The third-order valence-electron chi connectivity index (χ3n) is 5.54. The van der Waals surface area contributed by atoms with Gasteiger partial charge in [-0.3, -0.25) is 9.69 Å². The number of nitrogens with zero attached hydrogens (tertiary/aromatic N) is 3. The zero-order valence-electron chi connectivity index (χ0n) is 17.0. The van der Waals surface area contributed by atoms with Gasteiger partial charge in [0.25, 0.3) is 0 Å². The molecule has 0 spiro atoms. The van der Waals surface area contributed by atoms with Crippen LogP contribution < -0.4 is 5.73 Å². The van der Waals surface area contributed by atoms with Gasteiger partial charge in [-0.2, -0.15) is 0 Å². The molecule has 1 amide bonds. The average Bonchev–Trinajstić information content (AvgIpc) is 3.12. The molecule has 8 heteroatoms. The average molecular weight is 419 g/mol. The van der Waals surface area contributed by atoms with Gasteiger partial charge < -0.3 is 10.3 Å². The van der Waals surface area contributed by atoms with Gasteiger partial charge in [0.2, 0.25) is 20.9 Å². The number of imidazole rings is 1. The van der Waals surface area contributed by atoms with Crippen molar-refractivity contribution in [2.24, 2.45) is 11.7 Å². The van der Waals surface area contributed by atoms with E-state index >= 15 is 0 Å². The molecule has 0 saturated carbocycles. The maximum Gasteiger partial charge on any atom is 0.227 e. The van der Waals surface area contributed by atoms with Crippen molar-refractivity contribution in [3.8, 4) is 0 Å². The lowest BCUT2D eigenvalue weighted by atomic mass is 9.97. The Bertz CT molecular complexity index is 925. The molecule has 1 aliphatic rings. The monoisotopic (exact) mass is 418 g/mol. The molecule has 2 N–H and O–H groups in total. The minimum absolute atomic E-state index is 0.0234. The number of piperidine rings is 1. The number of benzene rings is 1. The summed E-state index contributed by atoms with van der Waals surface area (Å²) in [5.41, 5.74) is 7.59. The topological polar surface area (TPSA) is 98.3 Å². The van der Waals surface area contributed by atoms with Crippen molar-refractivity contribution in [2.45, 2.75) is 50.9 Å². The van der Waals surface area contributed by atoms with Gasteiger partial charge in [-0.25, -0.2) is 13.4 Å². The molecule has 2 aromatic rings. The van der Waals surface area contributed by atoms with E-state index in [4.69, 9.17) is 5.73 Å². The SMILES string of the molecule is CCS(=O)(=O)c1ncc(CN2CCC[C@@H](C(N)=O)C2)n1CCCc1ccccc1. The molecule has 1 aromatic carbocycles. The van der Waals surface area contributed by atoms with Crippen LogP contribution in [-0.2, 0) is 34.1 Å². The molecule has 7 nitrogen and oxygen atoms in total. The predicted molar refractivity (Wildman–Crippen MR) is 112 cm³/mol. The fraction of sp³-hybridized carbons (Fsp3) is 0.524. The molecule has 0 unspecified atom stereocenters. The Morgan fingerprint density at radius 1 is 1.28 bits per heavy atom. The zero-order chi connectivity index (χ0) is 20.9. The van der Waals surface area contributed by atoms with Crippen molar-refractivity contribution < 1.29 is 13.2 Å². The van der Waals surface area contributed by atoms with Crippen LogP contribution in [0.25, 0.3) is 0 Å². The smallest absolute Gasteiger partial charge is 0.227 e. The van der Waals surface area contributed by atoms with Gasteiger partial charge in [0.15, 0.2) is 0 Å². The molecule has 2 heterocycles. The lowest BCUT2D eigenvalue weighted by Crippen LogP contribution is -2.41. The number of nitrogens with two attached hydrogens (primary N) is 1. The highest BCUT2D eigenvalue weighted by molar-refractivity contribution is 7.91.